The van der Waals surface area contributed by atoms with Crippen molar-refractivity contribution >= 4 is 24.7 Å². The van der Waals surface area contributed by atoms with Crippen LogP contribution in [0.15, 0.2) is 58.5 Å². The molecule has 0 bridgehead atoms. The van der Waals surface area contributed by atoms with Gasteiger partial charge in [0.25, 0.3) is 0 Å². The van der Waals surface area contributed by atoms with Crippen molar-refractivity contribution in [2.24, 2.45) is 15.9 Å². The molecule has 2 atom stereocenters. The lowest BCUT2D eigenvalue weighted by molar-refractivity contribution is 0.580. The molecule has 0 radical (unpaired) electrons. The fraction of sp³-hybridized carbons (Fsp3) is 0.500. The van der Waals surface area contributed by atoms with Gasteiger partial charge < -0.3 is 0 Å². The highest BCUT2D eigenvalue weighted by Crippen LogP contribution is 2.20. The van der Waals surface area contributed by atoms with E-state index in [1.165, 1.54) is 47.0 Å². The van der Waals surface area contributed by atoms with E-state index in [0.29, 0.717) is 5.92 Å². The number of aliphatic imine (C=N–C) groups is 2. The third kappa shape index (κ3) is 6.26. The first kappa shape index (κ1) is 23.7. The Morgan fingerprint density at radius 2 is 1.42 bits per heavy atom. The van der Waals surface area contributed by atoms with Crippen LogP contribution in [0.2, 0.25) is 19.1 Å². The lowest BCUT2D eigenvalue weighted by Crippen LogP contribution is -2.41. The maximum Gasteiger partial charge on any atom is 0.0913 e. The maximum absolute atomic E-state index is 5.00. The van der Waals surface area contributed by atoms with Gasteiger partial charge in [0.1, 0.15) is 0 Å². The average Bonchev–Trinajstić information content (AvgIpc) is 2.72. The Labute approximate surface area is 190 Å². The van der Waals surface area contributed by atoms with Crippen LogP contribution in [0.5, 0.6) is 0 Å². The second-order valence-corrected chi connectivity index (χ2v) is 15.2. The Morgan fingerprint density at radius 1 is 0.806 bits per heavy atom. The van der Waals surface area contributed by atoms with E-state index in [1.54, 1.807) is 5.19 Å². The van der Waals surface area contributed by atoms with Crippen molar-refractivity contribution in [3.8, 4) is 0 Å². The number of aryl methyl sites for hydroxylation is 2. The summed E-state index contributed by atoms with van der Waals surface area (Å²) >= 11 is 0. The van der Waals surface area contributed by atoms with Gasteiger partial charge in [-0.25, -0.2) is 0 Å². The second kappa shape index (κ2) is 10.1. The summed E-state index contributed by atoms with van der Waals surface area (Å²) < 4.78 is 0. The van der Waals surface area contributed by atoms with Crippen molar-refractivity contribution in [3.05, 3.63) is 65.2 Å². The second-order valence-electron chi connectivity index (χ2n) is 10.4. The van der Waals surface area contributed by atoms with Crippen LogP contribution in [0.4, 0.5) is 0 Å². The molecule has 1 aliphatic heterocycles. The molecule has 0 aliphatic carbocycles. The molecule has 166 valence electrons. The maximum atomic E-state index is 5.00. The molecule has 2 aromatic rings. The van der Waals surface area contributed by atoms with E-state index in [-0.39, 0.29) is 12.1 Å². The van der Waals surface area contributed by atoms with E-state index in [2.05, 4.69) is 96.2 Å². The Balaban J connectivity index is 1.58. The van der Waals surface area contributed by atoms with Crippen LogP contribution in [0.25, 0.3) is 0 Å². The highest BCUT2D eigenvalue weighted by molar-refractivity contribution is 6.89. The monoisotopic (exact) mass is 432 g/mol. The predicted octanol–water partition coefficient (Wildman–Crippen LogP) is 6.41. The molecule has 3 rings (SSSR count). The van der Waals surface area contributed by atoms with Gasteiger partial charge in [0.05, 0.1) is 20.2 Å². The Morgan fingerprint density at radius 3 is 2.03 bits per heavy atom. The molecule has 2 unspecified atom stereocenters. The van der Waals surface area contributed by atoms with E-state index in [4.69, 9.17) is 9.98 Å². The minimum absolute atomic E-state index is 0.195. The van der Waals surface area contributed by atoms with Crippen LogP contribution in [-0.4, -0.2) is 31.6 Å². The highest BCUT2D eigenvalue weighted by Gasteiger charge is 2.25. The van der Waals surface area contributed by atoms with Gasteiger partial charge in [0.2, 0.25) is 0 Å². The molecule has 0 saturated carbocycles. The summed E-state index contributed by atoms with van der Waals surface area (Å²) in [6, 6.07) is 20.2. The van der Waals surface area contributed by atoms with E-state index in [1.807, 2.05) is 0 Å². The van der Waals surface area contributed by atoms with Crippen LogP contribution in [0.3, 0.4) is 0 Å². The molecule has 0 fully saturated rings. The van der Waals surface area contributed by atoms with Crippen molar-refractivity contribution in [2.45, 2.75) is 85.1 Å². The number of rotatable bonds is 8. The van der Waals surface area contributed by atoms with Crippen molar-refractivity contribution in [1.29, 1.82) is 0 Å². The van der Waals surface area contributed by atoms with E-state index in [9.17, 15) is 0 Å². The van der Waals surface area contributed by atoms with Crippen LogP contribution < -0.4 is 5.19 Å². The Kier molecular flexibility index (Phi) is 7.69. The van der Waals surface area contributed by atoms with Crippen LogP contribution >= 0.6 is 0 Å². The summed E-state index contributed by atoms with van der Waals surface area (Å²) in [5.74, 6) is 0.511. The molecule has 0 N–H and O–H groups in total. The molecule has 0 aromatic heterocycles. The van der Waals surface area contributed by atoms with Crippen LogP contribution in [0.1, 0.15) is 50.8 Å². The first-order valence-electron chi connectivity index (χ1n) is 11.9. The third-order valence-corrected chi connectivity index (χ3v) is 10.3. The summed E-state index contributed by atoms with van der Waals surface area (Å²) in [4.78, 5) is 9.95. The smallest absolute Gasteiger partial charge is 0.0913 e. The molecule has 3 heteroatoms. The van der Waals surface area contributed by atoms with Gasteiger partial charge in [-0.05, 0) is 44.2 Å². The Hall–Kier alpha value is -2.00. The van der Waals surface area contributed by atoms with Gasteiger partial charge in [-0.1, -0.05) is 98.7 Å². The quantitative estimate of drug-likeness (QED) is 0.430. The number of hydrogen-bond donors (Lipinski definition) is 0. The largest absolute Gasteiger partial charge is 0.283 e. The van der Waals surface area contributed by atoms with Crippen molar-refractivity contribution in [3.63, 3.8) is 0 Å². The van der Waals surface area contributed by atoms with Crippen molar-refractivity contribution in [1.82, 2.24) is 0 Å². The summed E-state index contributed by atoms with van der Waals surface area (Å²) in [6.07, 6.45) is 3.41. The summed E-state index contributed by atoms with van der Waals surface area (Å²) in [7, 11) is -1.42. The molecular formula is C28H40N2Si. The van der Waals surface area contributed by atoms with Crippen LogP contribution in [-0.2, 0) is 12.8 Å². The standard InChI is InChI=1S/C28H40N2Si/c1-20(2)28-23(5)29-27(22(4)30-28)19-25-14-16-26(17-15-25)31(6,7)18-8-9-24-12-10-21(3)11-13-24/h10-17,20,27-28H,8-9,18-19H2,1-7H3. The minimum Gasteiger partial charge on any atom is -0.283 e. The van der Waals surface area contributed by atoms with Gasteiger partial charge in [-0.3, -0.25) is 9.98 Å². The number of benzene rings is 2. The summed E-state index contributed by atoms with van der Waals surface area (Å²) in [5, 5.41) is 1.56. The predicted molar refractivity (Wildman–Crippen MR) is 140 cm³/mol. The fourth-order valence-corrected chi connectivity index (χ4v) is 7.01. The minimum atomic E-state index is -1.42. The summed E-state index contributed by atoms with van der Waals surface area (Å²) in [5.41, 5.74) is 6.54. The molecule has 2 aromatic carbocycles. The van der Waals surface area contributed by atoms with Gasteiger partial charge in [-0.15, -0.1) is 0 Å². The van der Waals surface area contributed by atoms with E-state index < -0.39 is 8.07 Å². The molecular weight excluding hydrogens is 392 g/mol. The molecule has 1 aliphatic rings. The molecule has 1 heterocycles. The van der Waals surface area contributed by atoms with Gasteiger partial charge in [-0.2, -0.15) is 0 Å². The topological polar surface area (TPSA) is 24.7 Å². The van der Waals surface area contributed by atoms with Gasteiger partial charge in [0, 0.05) is 17.8 Å². The third-order valence-electron chi connectivity index (χ3n) is 6.80. The first-order valence-corrected chi connectivity index (χ1v) is 15.1. The highest BCUT2D eigenvalue weighted by atomic mass is 28.3. The fourth-order valence-electron chi connectivity index (χ4n) is 4.59. The SMILES string of the molecule is CC1=NC(C(C)C)C(C)=NC1Cc1ccc([Si](C)(C)CCCc2ccc(C)cc2)cc1. The number of hydrogen-bond acceptors (Lipinski definition) is 2. The molecule has 2 nitrogen and oxygen atoms in total. The molecule has 0 saturated heterocycles. The average molecular weight is 433 g/mol. The Bertz CT molecular complexity index is 920. The summed E-state index contributed by atoms with van der Waals surface area (Å²) in [6.45, 7) is 15.9. The zero-order valence-corrected chi connectivity index (χ0v) is 21.6. The molecule has 0 spiro atoms. The zero-order valence-electron chi connectivity index (χ0n) is 20.6. The first-order chi connectivity index (χ1) is 14.7. The van der Waals surface area contributed by atoms with E-state index >= 15 is 0 Å². The van der Waals surface area contributed by atoms with Crippen molar-refractivity contribution < 1.29 is 0 Å². The van der Waals surface area contributed by atoms with Crippen LogP contribution in [0, 0.1) is 12.8 Å². The molecule has 0 amide bonds. The normalized spacial score (nSPS) is 19.4. The van der Waals surface area contributed by atoms with Crippen molar-refractivity contribution in [2.75, 3.05) is 0 Å². The lowest BCUT2D eigenvalue weighted by Gasteiger charge is -2.27. The lowest BCUT2D eigenvalue weighted by atomic mass is 9.95. The van der Waals surface area contributed by atoms with E-state index in [0.717, 1.165) is 6.42 Å². The van der Waals surface area contributed by atoms with Gasteiger partial charge in [0.15, 0.2) is 0 Å². The number of nitrogens with zero attached hydrogens (tertiary/aromatic N) is 2. The molecule has 31 heavy (non-hydrogen) atoms. The zero-order chi connectivity index (χ0) is 22.6. The van der Waals surface area contributed by atoms with Gasteiger partial charge >= 0.3 is 0 Å².